The van der Waals surface area contributed by atoms with E-state index in [0.29, 0.717) is 16.4 Å². The summed E-state index contributed by atoms with van der Waals surface area (Å²) in [6.07, 6.45) is 0.475. The molecule has 0 N–H and O–H groups in total. The zero-order valence-corrected chi connectivity index (χ0v) is 9.82. The summed E-state index contributed by atoms with van der Waals surface area (Å²) in [6, 6.07) is 2.81. The molecule has 0 aliphatic heterocycles. The molecule has 1 aromatic carbocycles. The number of anilines is 1. The Labute approximate surface area is 95.0 Å². The summed E-state index contributed by atoms with van der Waals surface area (Å²) >= 11 is 3.25. The topological polar surface area (TPSA) is 63.4 Å². The Morgan fingerprint density at radius 3 is 2.47 bits per heavy atom. The predicted molar refractivity (Wildman–Crippen MR) is 60.5 cm³/mol. The van der Waals surface area contributed by atoms with Gasteiger partial charge < -0.3 is 4.90 Å². The van der Waals surface area contributed by atoms with Gasteiger partial charge in [-0.25, -0.2) is 0 Å². The smallest absolute Gasteiger partial charge is 0.282 e. The van der Waals surface area contributed by atoms with Gasteiger partial charge in [0, 0.05) is 24.6 Å². The molecule has 1 aromatic rings. The highest BCUT2D eigenvalue weighted by Gasteiger charge is 2.17. The molecular weight excluding hydrogens is 264 g/mol. The van der Waals surface area contributed by atoms with Gasteiger partial charge in [0.15, 0.2) is 6.29 Å². The van der Waals surface area contributed by atoms with Gasteiger partial charge in [0.1, 0.15) is 0 Å². The highest BCUT2D eigenvalue weighted by Crippen LogP contribution is 2.31. The lowest BCUT2D eigenvalue weighted by atomic mass is 10.1. The van der Waals surface area contributed by atoms with Crippen molar-refractivity contribution >= 4 is 33.6 Å². The number of carbonyl (C=O) groups is 1. The van der Waals surface area contributed by atoms with Gasteiger partial charge in [0.05, 0.1) is 16.2 Å². The summed E-state index contributed by atoms with van der Waals surface area (Å²) in [7, 11) is 3.54. The Bertz CT molecular complexity index is 418. The number of nitrogens with zero attached hydrogens (tertiary/aromatic N) is 2. The molecule has 0 aromatic heterocycles. The van der Waals surface area contributed by atoms with Crippen LogP contribution in [0.1, 0.15) is 10.4 Å². The molecule has 0 heterocycles. The van der Waals surface area contributed by atoms with E-state index in [1.165, 1.54) is 12.1 Å². The van der Waals surface area contributed by atoms with Crippen LogP contribution in [0.15, 0.2) is 16.6 Å². The van der Waals surface area contributed by atoms with Crippen molar-refractivity contribution in [3.63, 3.8) is 0 Å². The molecule has 0 saturated heterocycles. The molecule has 0 fully saturated rings. The van der Waals surface area contributed by atoms with Gasteiger partial charge in [-0.15, -0.1) is 0 Å². The number of hydrogen-bond acceptors (Lipinski definition) is 4. The van der Waals surface area contributed by atoms with Crippen molar-refractivity contribution in [3.8, 4) is 0 Å². The van der Waals surface area contributed by atoms with Gasteiger partial charge in [0.25, 0.3) is 5.69 Å². The predicted octanol–water partition coefficient (Wildman–Crippen LogP) is 2.24. The van der Waals surface area contributed by atoms with E-state index in [2.05, 4.69) is 15.9 Å². The lowest BCUT2D eigenvalue weighted by Gasteiger charge is -2.14. The number of aldehydes is 1. The molecule has 0 saturated carbocycles. The summed E-state index contributed by atoms with van der Waals surface area (Å²) in [5.74, 6) is 0. The maximum absolute atomic E-state index is 10.7. The molecule has 1 rings (SSSR count). The van der Waals surface area contributed by atoms with Crippen LogP contribution in [0, 0.1) is 10.1 Å². The second-order valence-electron chi connectivity index (χ2n) is 3.13. The van der Waals surface area contributed by atoms with E-state index in [9.17, 15) is 14.9 Å². The maximum atomic E-state index is 10.7. The van der Waals surface area contributed by atoms with Crippen LogP contribution in [0.3, 0.4) is 0 Å². The molecule has 5 nitrogen and oxygen atoms in total. The van der Waals surface area contributed by atoms with Crippen LogP contribution >= 0.6 is 15.9 Å². The highest BCUT2D eigenvalue weighted by molar-refractivity contribution is 9.10. The summed E-state index contributed by atoms with van der Waals surface area (Å²) in [5.41, 5.74) is 0.543. The third-order valence-electron chi connectivity index (χ3n) is 1.90. The van der Waals surface area contributed by atoms with Crippen molar-refractivity contribution in [1.29, 1.82) is 0 Å². The molecule has 0 unspecified atom stereocenters. The third-order valence-corrected chi connectivity index (χ3v) is 2.54. The van der Waals surface area contributed by atoms with Crippen LogP contribution in [-0.2, 0) is 0 Å². The van der Waals surface area contributed by atoms with E-state index >= 15 is 0 Å². The van der Waals surface area contributed by atoms with Crippen LogP contribution in [0.4, 0.5) is 11.4 Å². The summed E-state index contributed by atoms with van der Waals surface area (Å²) in [4.78, 5) is 22.5. The minimum absolute atomic E-state index is 0.0671. The largest absolute Gasteiger partial charge is 0.377 e. The molecule has 0 aliphatic rings. The zero-order chi connectivity index (χ0) is 11.6. The van der Waals surface area contributed by atoms with Crippen molar-refractivity contribution in [2.45, 2.75) is 0 Å². The fraction of sp³-hybridized carbons (Fsp3) is 0.222. The van der Waals surface area contributed by atoms with Crippen molar-refractivity contribution in [1.82, 2.24) is 0 Å². The summed E-state index contributed by atoms with van der Waals surface area (Å²) in [6.45, 7) is 0. The number of carbonyl (C=O) groups excluding carboxylic acids is 1. The molecule has 0 atom stereocenters. The molecular formula is C9H9BrN2O3. The minimum atomic E-state index is -0.566. The number of nitro benzene ring substituents is 1. The SMILES string of the molecule is CN(C)c1cc([N+](=O)[O-])c(C=O)cc1Br. The first-order valence-corrected chi connectivity index (χ1v) is 4.87. The third kappa shape index (κ3) is 2.33. The number of halogens is 1. The fourth-order valence-electron chi connectivity index (χ4n) is 1.16. The van der Waals surface area contributed by atoms with Crippen molar-refractivity contribution in [2.24, 2.45) is 0 Å². The van der Waals surface area contributed by atoms with Crippen LogP contribution in [0.25, 0.3) is 0 Å². The first-order chi connectivity index (χ1) is 6.97. The Kier molecular flexibility index (Phi) is 3.41. The van der Waals surface area contributed by atoms with Gasteiger partial charge in [-0.3, -0.25) is 14.9 Å². The van der Waals surface area contributed by atoms with Crippen molar-refractivity contribution in [2.75, 3.05) is 19.0 Å². The van der Waals surface area contributed by atoms with E-state index in [1.54, 1.807) is 19.0 Å². The fourth-order valence-corrected chi connectivity index (χ4v) is 1.88. The zero-order valence-electron chi connectivity index (χ0n) is 8.23. The van der Waals surface area contributed by atoms with Crippen LogP contribution < -0.4 is 4.90 Å². The number of benzene rings is 1. The Balaban J connectivity index is 3.43. The molecule has 80 valence electrons. The lowest BCUT2D eigenvalue weighted by molar-refractivity contribution is -0.385. The summed E-state index contributed by atoms with van der Waals surface area (Å²) < 4.78 is 0.653. The van der Waals surface area contributed by atoms with Crippen molar-refractivity contribution in [3.05, 3.63) is 32.3 Å². The molecule has 0 amide bonds. The highest BCUT2D eigenvalue weighted by atomic mass is 79.9. The standard InChI is InChI=1S/C9H9BrN2O3/c1-11(2)9-4-8(12(14)15)6(5-13)3-7(9)10/h3-5H,1-2H3. The monoisotopic (exact) mass is 272 g/mol. The number of nitro groups is 1. The van der Waals surface area contributed by atoms with Crippen LogP contribution in [-0.4, -0.2) is 25.3 Å². The second kappa shape index (κ2) is 4.39. The molecule has 0 radical (unpaired) electrons. The van der Waals surface area contributed by atoms with Gasteiger partial charge in [-0.1, -0.05) is 0 Å². The van der Waals surface area contributed by atoms with E-state index < -0.39 is 4.92 Å². The van der Waals surface area contributed by atoms with E-state index in [1.807, 2.05) is 0 Å². The first-order valence-electron chi connectivity index (χ1n) is 4.07. The molecule has 15 heavy (non-hydrogen) atoms. The molecule has 0 bridgehead atoms. The Hall–Kier alpha value is -1.43. The van der Waals surface area contributed by atoms with Crippen LogP contribution in [0.2, 0.25) is 0 Å². The van der Waals surface area contributed by atoms with E-state index in [-0.39, 0.29) is 11.3 Å². The van der Waals surface area contributed by atoms with Crippen LogP contribution in [0.5, 0.6) is 0 Å². The average molecular weight is 273 g/mol. The Morgan fingerprint density at radius 1 is 1.47 bits per heavy atom. The lowest BCUT2D eigenvalue weighted by Crippen LogP contribution is -2.10. The summed E-state index contributed by atoms with van der Waals surface area (Å²) in [5, 5.41) is 10.7. The number of rotatable bonds is 3. The van der Waals surface area contributed by atoms with Gasteiger partial charge in [-0.05, 0) is 22.0 Å². The Morgan fingerprint density at radius 2 is 2.07 bits per heavy atom. The van der Waals surface area contributed by atoms with Gasteiger partial charge in [0.2, 0.25) is 0 Å². The molecule has 6 heteroatoms. The normalized spacial score (nSPS) is 9.80. The number of hydrogen-bond donors (Lipinski definition) is 0. The second-order valence-corrected chi connectivity index (χ2v) is 3.99. The molecule has 0 spiro atoms. The van der Waals surface area contributed by atoms with E-state index in [0.717, 1.165) is 0 Å². The minimum Gasteiger partial charge on any atom is -0.377 e. The average Bonchev–Trinajstić information content (AvgIpc) is 2.16. The van der Waals surface area contributed by atoms with Crippen molar-refractivity contribution < 1.29 is 9.72 Å². The van der Waals surface area contributed by atoms with Gasteiger partial charge in [-0.2, -0.15) is 0 Å². The molecule has 0 aliphatic carbocycles. The quantitative estimate of drug-likeness (QED) is 0.481. The maximum Gasteiger partial charge on any atom is 0.282 e. The first kappa shape index (κ1) is 11.6. The van der Waals surface area contributed by atoms with E-state index in [4.69, 9.17) is 0 Å². The van der Waals surface area contributed by atoms with Gasteiger partial charge >= 0.3 is 0 Å².